The zero-order valence-electron chi connectivity index (χ0n) is 18.7. The standard InChI is InChI=1S/C25H27N3O3S/c1-25(2,3)18-12-14-21(15-13-18)31-17-24-26-22-10-5-6-11-23(22)28(24)20-9-7-8-19(16-20)27-32(4,29)30/h5-16,27H,17H2,1-4H3. The normalized spacial score (nSPS) is 12.1. The predicted molar refractivity (Wildman–Crippen MR) is 129 cm³/mol. The first-order chi connectivity index (χ1) is 15.1. The molecule has 0 aliphatic heterocycles. The Hall–Kier alpha value is -3.32. The molecule has 4 rings (SSSR count). The van der Waals surface area contributed by atoms with Crippen molar-refractivity contribution in [2.75, 3.05) is 11.0 Å². The molecule has 0 bridgehead atoms. The van der Waals surface area contributed by atoms with Crippen LogP contribution in [-0.4, -0.2) is 24.2 Å². The van der Waals surface area contributed by atoms with Gasteiger partial charge in [-0.1, -0.05) is 51.1 Å². The molecule has 32 heavy (non-hydrogen) atoms. The fourth-order valence-corrected chi connectivity index (χ4v) is 4.14. The van der Waals surface area contributed by atoms with Crippen molar-refractivity contribution in [1.82, 2.24) is 9.55 Å². The van der Waals surface area contributed by atoms with Crippen molar-refractivity contribution in [3.8, 4) is 11.4 Å². The van der Waals surface area contributed by atoms with Gasteiger partial charge in [0.25, 0.3) is 0 Å². The molecule has 0 atom stereocenters. The number of hydrogen-bond acceptors (Lipinski definition) is 4. The van der Waals surface area contributed by atoms with E-state index in [-0.39, 0.29) is 12.0 Å². The monoisotopic (exact) mass is 449 g/mol. The second-order valence-corrected chi connectivity index (χ2v) is 10.6. The average Bonchev–Trinajstić information content (AvgIpc) is 3.09. The van der Waals surface area contributed by atoms with Gasteiger partial charge in [0, 0.05) is 5.69 Å². The van der Waals surface area contributed by atoms with E-state index in [4.69, 9.17) is 9.72 Å². The molecule has 4 aromatic rings. The van der Waals surface area contributed by atoms with Crippen molar-refractivity contribution in [1.29, 1.82) is 0 Å². The van der Waals surface area contributed by atoms with Crippen LogP contribution in [-0.2, 0) is 22.0 Å². The molecule has 1 N–H and O–H groups in total. The summed E-state index contributed by atoms with van der Waals surface area (Å²) in [5.41, 5.74) is 4.38. The number of anilines is 1. The van der Waals surface area contributed by atoms with Crippen LogP contribution in [0.3, 0.4) is 0 Å². The van der Waals surface area contributed by atoms with E-state index in [1.54, 1.807) is 12.1 Å². The van der Waals surface area contributed by atoms with Crippen LogP contribution in [0.2, 0.25) is 0 Å². The van der Waals surface area contributed by atoms with Gasteiger partial charge < -0.3 is 4.74 Å². The molecule has 3 aromatic carbocycles. The van der Waals surface area contributed by atoms with Crippen LogP contribution in [0.25, 0.3) is 16.7 Å². The number of nitrogens with zero attached hydrogens (tertiary/aromatic N) is 2. The van der Waals surface area contributed by atoms with Gasteiger partial charge in [-0.15, -0.1) is 0 Å². The van der Waals surface area contributed by atoms with Gasteiger partial charge in [0.05, 0.1) is 23.0 Å². The summed E-state index contributed by atoms with van der Waals surface area (Å²) in [5, 5.41) is 0. The summed E-state index contributed by atoms with van der Waals surface area (Å²) in [5.74, 6) is 1.49. The Kier molecular flexibility index (Phi) is 5.69. The summed E-state index contributed by atoms with van der Waals surface area (Å²) >= 11 is 0. The molecular weight excluding hydrogens is 422 g/mol. The number of nitrogens with one attached hydrogen (secondary N) is 1. The fraction of sp³-hybridized carbons (Fsp3) is 0.240. The molecule has 0 aliphatic rings. The van der Waals surface area contributed by atoms with E-state index in [1.807, 2.05) is 53.1 Å². The number of imidazole rings is 1. The highest BCUT2D eigenvalue weighted by Gasteiger charge is 2.15. The molecule has 0 saturated heterocycles. The lowest BCUT2D eigenvalue weighted by molar-refractivity contribution is 0.294. The third-order valence-corrected chi connectivity index (χ3v) is 5.73. The fourth-order valence-electron chi connectivity index (χ4n) is 3.58. The molecule has 7 heteroatoms. The Morgan fingerprint density at radius 2 is 1.69 bits per heavy atom. The van der Waals surface area contributed by atoms with Gasteiger partial charge in [-0.3, -0.25) is 9.29 Å². The first-order valence-corrected chi connectivity index (χ1v) is 12.3. The molecule has 0 unspecified atom stereocenters. The number of aromatic nitrogens is 2. The first-order valence-electron chi connectivity index (χ1n) is 10.4. The molecule has 0 spiro atoms. The molecule has 6 nitrogen and oxygen atoms in total. The Labute approximate surface area is 188 Å². The quantitative estimate of drug-likeness (QED) is 0.435. The highest BCUT2D eigenvalue weighted by atomic mass is 32.2. The molecule has 0 fully saturated rings. The van der Waals surface area contributed by atoms with E-state index in [0.717, 1.165) is 34.6 Å². The molecule has 166 valence electrons. The minimum absolute atomic E-state index is 0.0809. The predicted octanol–water partition coefficient (Wildman–Crippen LogP) is 5.27. The summed E-state index contributed by atoms with van der Waals surface area (Å²) < 4.78 is 33.9. The molecule has 1 heterocycles. The average molecular weight is 450 g/mol. The number of hydrogen-bond donors (Lipinski definition) is 1. The summed E-state index contributed by atoms with van der Waals surface area (Å²) in [7, 11) is -3.38. The molecule has 0 aliphatic carbocycles. The van der Waals surface area contributed by atoms with Crippen molar-refractivity contribution in [3.05, 3.63) is 84.2 Å². The van der Waals surface area contributed by atoms with Crippen LogP contribution < -0.4 is 9.46 Å². The van der Waals surface area contributed by atoms with E-state index in [0.29, 0.717) is 5.69 Å². The number of benzene rings is 3. The highest BCUT2D eigenvalue weighted by Crippen LogP contribution is 2.27. The SMILES string of the molecule is CC(C)(C)c1ccc(OCc2nc3ccccc3n2-c2cccc(NS(C)(=O)=O)c2)cc1. The lowest BCUT2D eigenvalue weighted by Gasteiger charge is -2.19. The number of fused-ring (bicyclic) bond motifs is 1. The summed E-state index contributed by atoms with van der Waals surface area (Å²) in [6, 6.07) is 23.2. The second kappa shape index (κ2) is 8.31. The van der Waals surface area contributed by atoms with Crippen LogP contribution in [0, 0.1) is 0 Å². The van der Waals surface area contributed by atoms with Crippen molar-refractivity contribution >= 4 is 26.7 Å². The Balaban J connectivity index is 1.68. The topological polar surface area (TPSA) is 73.2 Å². The number of ether oxygens (including phenoxy) is 1. The molecular formula is C25H27N3O3S. The van der Waals surface area contributed by atoms with Gasteiger partial charge in [0.1, 0.15) is 12.4 Å². The number of sulfonamides is 1. The second-order valence-electron chi connectivity index (χ2n) is 8.84. The van der Waals surface area contributed by atoms with Gasteiger partial charge in [0.2, 0.25) is 10.0 Å². The summed E-state index contributed by atoms with van der Waals surface area (Å²) in [6.45, 7) is 6.81. The molecule has 0 saturated carbocycles. The summed E-state index contributed by atoms with van der Waals surface area (Å²) in [4.78, 5) is 4.76. The first kappa shape index (κ1) is 21.9. The highest BCUT2D eigenvalue weighted by molar-refractivity contribution is 7.92. The van der Waals surface area contributed by atoms with E-state index < -0.39 is 10.0 Å². The minimum atomic E-state index is -3.38. The van der Waals surface area contributed by atoms with Crippen LogP contribution >= 0.6 is 0 Å². The Morgan fingerprint density at radius 3 is 2.38 bits per heavy atom. The van der Waals surface area contributed by atoms with Gasteiger partial charge in [-0.05, 0) is 53.4 Å². The van der Waals surface area contributed by atoms with Crippen molar-refractivity contribution in [2.24, 2.45) is 0 Å². The molecule has 0 amide bonds. The third kappa shape index (κ3) is 4.94. The van der Waals surface area contributed by atoms with Crippen LogP contribution in [0.5, 0.6) is 5.75 Å². The van der Waals surface area contributed by atoms with Crippen molar-refractivity contribution in [3.63, 3.8) is 0 Å². The Bertz CT molecular complexity index is 1350. The minimum Gasteiger partial charge on any atom is -0.486 e. The third-order valence-electron chi connectivity index (χ3n) is 5.13. The lowest BCUT2D eigenvalue weighted by Crippen LogP contribution is -2.11. The van der Waals surface area contributed by atoms with Gasteiger partial charge in [-0.25, -0.2) is 13.4 Å². The van der Waals surface area contributed by atoms with E-state index in [1.165, 1.54) is 5.56 Å². The lowest BCUT2D eigenvalue weighted by atomic mass is 9.87. The van der Waals surface area contributed by atoms with Crippen molar-refractivity contribution in [2.45, 2.75) is 32.8 Å². The zero-order valence-corrected chi connectivity index (χ0v) is 19.5. The van der Waals surface area contributed by atoms with Crippen LogP contribution in [0.1, 0.15) is 32.2 Å². The summed E-state index contributed by atoms with van der Waals surface area (Å²) in [6.07, 6.45) is 1.14. The van der Waals surface area contributed by atoms with E-state index in [9.17, 15) is 8.42 Å². The van der Waals surface area contributed by atoms with E-state index in [2.05, 4.69) is 37.6 Å². The van der Waals surface area contributed by atoms with Gasteiger partial charge >= 0.3 is 0 Å². The van der Waals surface area contributed by atoms with E-state index >= 15 is 0 Å². The number of rotatable bonds is 6. The molecule has 1 aromatic heterocycles. The van der Waals surface area contributed by atoms with Crippen LogP contribution in [0.4, 0.5) is 5.69 Å². The maximum atomic E-state index is 11.7. The van der Waals surface area contributed by atoms with Gasteiger partial charge in [-0.2, -0.15) is 0 Å². The largest absolute Gasteiger partial charge is 0.486 e. The molecule has 0 radical (unpaired) electrons. The zero-order chi connectivity index (χ0) is 22.9. The van der Waals surface area contributed by atoms with Crippen LogP contribution in [0.15, 0.2) is 72.8 Å². The smallest absolute Gasteiger partial charge is 0.229 e. The van der Waals surface area contributed by atoms with Gasteiger partial charge in [0.15, 0.2) is 5.82 Å². The number of para-hydroxylation sites is 2. The maximum Gasteiger partial charge on any atom is 0.229 e. The van der Waals surface area contributed by atoms with Crippen molar-refractivity contribution < 1.29 is 13.2 Å². The maximum absolute atomic E-state index is 11.7. The Morgan fingerprint density at radius 1 is 0.969 bits per heavy atom.